The quantitative estimate of drug-likeness (QED) is 0.875. The normalized spacial score (nSPS) is 27.6. The van der Waals surface area contributed by atoms with Crippen molar-refractivity contribution in [2.75, 3.05) is 6.54 Å². The Hall–Kier alpha value is -1.36. The third-order valence-corrected chi connectivity index (χ3v) is 3.95. The van der Waals surface area contributed by atoms with Gasteiger partial charge in [-0.1, -0.05) is 5.16 Å². The number of nitrogens with one attached hydrogen (secondary N) is 1. The van der Waals surface area contributed by atoms with Crippen LogP contribution in [-0.4, -0.2) is 34.6 Å². The summed E-state index contributed by atoms with van der Waals surface area (Å²) in [5.74, 6) is 1.13. The summed E-state index contributed by atoms with van der Waals surface area (Å²) in [6.07, 6.45) is 4.13. The lowest BCUT2D eigenvalue weighted by Crippen LogP contribution is -2.45. The summed E-state index contributed by atoms with van der Waals surface area (Å²) in [4.78, 5) is 13.9. The molecule has 1 aromatic heterocycles. The molecule has 2 fully saturated rings. The van der Waals surface area contributed by atoms with E-state index in [0.717, 1.165) is 30.8 Å². The molecule has 98 valence electrons. The number of hydrogen-bond donors (Lipinski definition) is 1. The first kappa shape index (κ1) is 11.7. The first-order chi connectivity index (χ1) is 8.74. The minimum atomic E-state index is 0.273. The average Bonchev–Trinajstić information content (AvgIpc) is 2.92. The molecule has 2 saturated heterocycles. The van der Waals surface area contributed by atoms with Crippen molar-refractivity contribution in [1.82, 2.24) is 15.4 Å². The Morgan fingerprint density at radius 1 is 1.56 bits per heavy atom. The molecule has 3 heterocycles. The van der Waals surface area contributed by atoms with Crippen LogP contribution in [0.2, 0.25) is 0 Å². The van der Waals surface area contributed by atoms with Crippen LogP contribution >= 0.6 is 0 Å². The molecule has 0 aliphatic carbocycles. The molecule has 0 bridgehead atoms. The predicted octanol–water partition coefficient (Wildman–Crippen LogP) is 1.23. The summed E-state index contributed by atoms with van der Waals surface area (Å²) < 4.78 is 5.04. The van der Waals surface area contributed by atoms with Crippen LogP contribution < -0.4 is 5.32 Å². The van der Waals surface area contributed by atoms with Gasteiger partial charge in [0.2, 0.25) is 5.91 Å². The molecule has 1 amide bonds. The lowest BCUT2D eigenvalue weighted by molar-refractivity contribution is -0.129. The van der Waals surface area contributed by atoms with Crippen molar-refractivity contribution < 1.29 is 9.32 Å². The highest BCUT2D eigenvalue weighted by atomic mass is 16.5. The second-order valence-corrected chi connectivity index (χ2v) is 5.27. The monoisotopic (exact) mass is 249 g/mol. The second kappa shape index (κ2) is 4.72. The summed E-state index contributed by atoms with van der Waals surface area (Å²) in [6, 6.07) is 2.59. The van der Waals surface area contributed by atoms with E-state index in [1.807, 2.05) is 13.0 Å². The number of carbonyl (C=O) groups is 1. The van der Waals surface area contributed by atoms with Gasteiger partial charge in [0, 0.05) is 37.7 Å². The molecule has 0 spiro atoms. The number of amides is 1. The number of rotatable bonds is 3. The zero-order valence-electron chi connectivity index (χ0n) is 10.7. The Balaban J connectivity index is 1.61. The van der Waals surface area contributed by atoms with Gasteiger partial charge < -0.3 is 14.7 Å². The van der Waals surface area contributed by atoms with E-state index in [0.29, 0.717) is 24.9 Å². The van der Waals surface area contributed by atoms with E-state index in [-0.39, 0.29) is 6.04 Å². The average molecular weight is 249 g/mol. The highest BCUT2D eigenvalue weighted by molar-refractivity contribution is 5.80. The van der Waals surface area contributed by atoms with Gasteiger partial charge in [0.15, 0.2) is 0 Å². The van der Waals surface area contributed by atoms with Gasteiger partial charge in [0.1, 0.15) is 5.76 Å². The van der Waals surface area contributed by atoms with Crippen LogP contribution in [0.1, 0.15) is 37.1 Å². The van der Waals surface area contributed by atoms with Crippen LogP contribution in [0.5, 0.6) is 0 Å². The summed E-state index contributed by atoms with van der Waals surface area (Å²) in [5.41, 5.74) is 0.911. The van der Waals surface area contributed by atoms with Gasteiger partial charge in [0.05, 0.1) is 5.69 Å². The molecule has 0 saturated carbocycles. The molecule has 5 nitrogen and oxygen atoms in total. The minimum absolute atomic E-state index is 0.273. The molecule has 18 heavy (non-hydrogen) atoms. The topological polar surface area (TPSA) is 58.4 Å². The number of fused-ring (bicyclic) bond motifs is 1. The molecule has 0 radical (unpaired) electrons. The first-order valence-corrected chi connectivity index (χ1v) is 6.69. The van der Waals surface area contributed by atoms with Crippen molar-refractivity contribution in [3.63, 3.8) is 0 Å². The van der Waals surface area contributed by atoms with Gasteiger partial charge in [-0.15, -0.1) is 0 Å². The van der Waals surface area contributed by atoms with Crippen LogP contribution in [0.15, 0.2) is 10.6 Å². The zero-order valence-corrected chi connectivity index (χ0v) is 10.7. The van der Waals surface area contributed by atoms with E-state index in [2.05, 4.69) is 15.4 Å². The van der Waals surface area contributed by atoms with E-state index in [1.54, 1.807) is 0 Å². The molecule has 0 aromatic carbocycles. The molecule has 2 atom stereocenters. The molecule has 3 rings (SSSR count). The van der Waals surface area contributed by atoms with Crippen LogP contribution in [0, 0.1) is 6.92 Å². The van der Waals surface area contributed by atoms with Crippen LogP contribution in [0.4, 0.5) is 0 Å². The Bertz CT molecular complexity index is 443. The van der Waals surface area contributed by atoms with Gasteiger partial charge in [0.25, 0.3) is 0 Å². The van der Waals surface area contributed by atoms with Crippen molar-refractivity contribution in [2.45, 2.75) is 51.2 Å². The van der Waals surface area contributed by atoms with Crippen molar-refractivity contribution >= 4 is 5.91 Å². The van der Waals surface area contributed by atoms with Crippen molar-refractivity contribution in [3.05, 3.63) is 17.5 Å². The van der Waals surface area contributed by atoms with E-state index in [1.165, 1.54) is 6.42 Å². The minimum Gasteiger partial charge on any atom is -0.361 e. The number of aryl methyl sites for hydroxylation is 1. The third-order valence-electron chi connectivity index (χ3n) is 3.95. The molecule has 2 aliphatic rings. The largest absolute Gasteiger partial charge is 0.361 e. The Labute approximate surface area is 107 Å². The lowest BCUT2D eigenvalue weighted by atomic mass is 9.99. The molecular formula is C13H19N3O2. The van der Waals surface area contributed by atoms with E-state index in [4.69, 9.17) is 4.52 Å². The Morgan fingerprint density at radius 2 is 2.44 bits per heavy atom. The van der Waals surface area contributed by atoms with Crippen molar-refractivity contribution in [2.24, 2.45) is 0 Å². The van der Waals surface area contributed by atoms with Gasteiger partial charge in [-0.2, -0.15) is 0 Å². The summed E-state index contributed by atoms with van der Waals surface area (Å²) >= 11 is 0. The van der Waals surface area contributed by atoms with E-state index < -0.39 is 0 Å². The fourth-order valence-electron chi connectivity index (χ4n) is 3.07. The third kappa shape index (κ3) is 2.14. The number of hydrogen-bond acceptors (Lipinski definition) is 4. The van der Waals surface area contributed by atoms with E-state index >= 15 is 0 Å². The maximum atomic E-state index is 11.9. The number of carbonyl (C=O) groups excluding carboxylic acids is 1. The maximum Gasteiger partial charge on any atom is 0.224 e. The van der Waals surface area contributed by atoms with Crippen LogP contribution in [0.3, 0.4) is 0 Å². The van der Waals surface area contributed by atoms with Gasteiger partial charge in [-0.3, -0.25) is 4.79 Å². The van der Waals surface area contributed by atoms with Gasteiger partial charge >= 0.3 is 0 Å². The Kier molecular flexibility index (Phi) is 3.07. The fourth-order valence-corrected chi connectivity index (χ4v) is 3.07. The number of nitrogens with zero attached hydrogens (tertiary/aromatic N) is 2. The molecular weight excluding hydrogens is 230 g/mol. The standard InChI is InChI=1S/C13H19N3O2/c1-9-6-10(15-18-9)8-14-11-7-13(17)16-5-3-2-4-12(11)16/h6,11-12,14H,2-5,7-8H2,1H3. The van der Waals surface area contributed by atoms with E-state index in [9.17, 15) is 4.79 Å². The van der Waals surface area contributed by atoms with Crippen LogP contribution in [0.25, 0.3) is 0 Å². The molecule has 2 aliphatic heterocycles. The maximum absolute atomic E-state index is 11.9. The predicted molar refractivity (Wildman–Crippen MR) is 65.8 cm³/mol. The van der Waals surface area contributed by atoms with Crippen molar-refractivity contribution in [1.29, 1.82) is 0 Å². The molecule has 1 aromatic rings. The van der Waals surface area contributed by atoms with Gasteiger partial charge in [-0.25, -0.2) is 0 Å². The highest BCUT2D eigenvalue weighted by Gasteiger charge is 2.40. The fraction of sp³-hybridized carbons (Fsp3) is 0.692. The van der Waals surface area contributed by atoms with Crippen LogP contribution in [-0.2, 0) is 11.3 Å². The summed E-state index contributed by atoms with van der Waals surface area (Å²) in [6.45, 7) is 3.50. The number of aromatic nitrogens is 1. The first-order valence-electron chi connectivity index (χ1n) is 6.69. The lowest BCUT2D eigenvalue weighted by Gasteiger charge is -2.32. The highest BCUT2D eigenvalue weighted by Crippen LogP contribution is 2.28. The molecule has 5 heteroatoms. The number of piperidine rings is 1. The summed E-state index contributed by atoms with van der Waals surface area (Å²) in [5, 5.41) is 7.42. The van der Waals surface area contributed by atoms with Crippen molar-refractivity contribution in [3.8, 4) is 0 Å². The summed E-state index contributed by atoms with van der Waals surface area (Å²) in [7, 11) is 0. The SMILES string of the molecule is Cc1cc(CNC2CC(=O)N3CCCCC23)no1. The Morgan fingerprint density at radius 3 is 3.22 bits per heavy atom. The second-order valence-electron chi connectivity index (χ2n) is 5.27. The molecule has 2 unspecified atom stereocenters. The molecule has 1 N–H and O–H groups in total. The zero-order chi connectivity index (χ0) is 12.5. The van der Waals surface area contributed by atoms with Gasteiger partial charge in [-0.05, 0) is 26.2 Å². The smallest absolute Gasteiger partial charge is 0.224 e.